The van der Waals surface area contributed by atoms with Gasteiger partial charge in [0.2, 0.25) is 5.13 Å². The van der Waals surface area contributed by atoms with Crippen LogP contribution in [0.25, 0.3) is 0 Å². The number of amides is 1. The number of carbonyl (C=O) groups is 1. The summed E-state index contributed by atoms with van der Waals surface area (Å²) in [7, 11) is 0. The summed E-state index contributed by atoms with van der Waals surface area (Å²) in [5.74, 6) is -0.548. The molecule has 0 saturated heterocycles. The minimum atomic E-state index is -0.789. The predicted molar refractivity (Wildman–Crippen MR) is 83.7 cm³/mol. The fraction of sp³-hybridized carbons (Fsp3) is 0.400. The summed E-state index contributed by atoms with van der Waals surface area (Å²) in [6.45, 7) is 5.80. The normalized spacial score (nSPS) is 12.2. The topological polar surface area (TPSA) is 64.1 Å². The molecule has 0 radical (unpaired) electrons. The number of carbonyl (C=O) groups excluding carboxylic acids is 1. The average Bonchev–Trinajstić information content (AvgIpc) is 2.95. The molecule has 0 unspecified atom stereocenters. The Morgan fingerprint density at radius 1 is 1.36 bits per heavy atom. The van der Waals surface area contributed by atoms with Crippen molar-refractivity contribution in [3.05, 3.63) is 35.1 Å². The maximum absolute atomic E-state index is 13.6. The van der Waals surface area contributed by atoms with Gasteiger partial charge < -0.3 is 4.74 Å². The van der Waals surface area contributed by atoms with E-state index in [-0.39, 0.29) is 17.6 Å². The van der Waals surface area contributed by atoms with Crippen LogP contribution in [-0.2, 0) is 4.79 Å². The fourth-order valence-corrected chi connectivity index (χ4v) is 2.47. The number of hydrogen-bond donors (Lipinski definition) is 1. The highest BCUT2D eigenvalue weighted by Gasteiger charge is 2.21. The third-order valence-corrected chi connectivity index (χ3v) is 4.07. The van der Waals surface area contributed by atoms with Crippen LogP contribution in [0.3, 0.4) is 0 Å². The summed E-state index contributed by atoms with van der Waals surface area (Å²) in [6, 6.07) is 6.01. The van der Waals surface area contributed by atoms with E-state index < -0.39 is 11.9 Å². The first-order valence-electron chi connectivity index (χ1n) is 7.06. The molecule has 2 rings (SSSR count). The standard InChI is InChI=1S/C15H18FN3O2S/c1-4-11(21-12-8-6-5-7-10(12)16)13(20)17-15-19-18-14(22-15)9(2)3/h5-9,11H,4H2,1-3H3,(H,17,19,20)/t11-/m0/s1. The molecule has 118 valence electrons. The van der Waals surface area contributed by atoms with E-state index in [1.165, 1.54) is 23.5 Å². The molecule has 0 aliphatic rings. The smallest absolute Gasteiger partial charge is 0.267 e. The van der Waals surface area contributed by atoms with E-state index in [0.29, 0.717) is 11.6 Å². The Morgan fingerprint density at radius 2 is 2.09 bits per heavy atom. The van der Waals surface area contributed by atoms with Crippen LogP contribution in [-0.4, -0.2) is 22.2 Å². The van der Waals surface area contributed by atoms with Crippen molar-refractivity contribution in [3.8, 4) is 5.75 Å². The van der Waals surface area contributed by atoms with Gasteiger partial charge in [0.15, 0.2) is 17.7 Å². The van der Waals surface area contributed by atoms with Crippen LogP contribution in [0.2, 0.25) is 0 Å². The second-order valence-corrected chi connectivity index (χ2v) is 6.04. The molecule has 1 aromatic heterocycles. The number of anilines is 1. The van der Waals surface area contributed by atoms with Crippen LogP contribution in [0.4, 0.5) is 9.52 Å². The van der Waals surface area contributed by atoms with Crippen LogP contribution in [0, 0.1) is 5.82 Å². The third kappa shape index (κ3) is 4.00. The van der Waals surface area contributed by atoms with E-state index in [2.05, 4.69) is 15.5 Å². The molecule has 0 spiro atoms. The molecule has 22 heavy (non-hydrogen) atoms. The van der Waals surface area contributed by atoms with Crippen LogP contribution in [0.1, 0.15) is 38.1 Å². The van der Waals surface area contributed by atoms with Crippen LogP contribution in [0.15, 0.2) is 24.3 Å². The molecule has 1 N–H and O–H groups in total. The number of nitrogens with zero attached hydrogens (tertiary/aromatic N) is 2. The number of ether oxygens (including phenoxy) is 1. The van der Waals surface area contributed by atoms with Crippen molar-refractivity contribution >= 4 is 22.4 Å². The van der Waals surface area contributed by atoms with Gasteiger partial charge in [-0.25, -0.2) is 4.39 Å². The Hall–Kier alpha value is -2.02. The summed E-state index contributed by atoms with van der Waals surface area (Å²) in [5, 5.41) is 11.9. The van der Waals surface area contributed by atoms with Crippen LogP contribution < -0.4 is 10.1 Å². The van der Waals surface area contributed by atoms with Gasteiger partial charge in [-0.05, 0) is 18.6 Å². The number of aromatic nitrogens is 2. The number of para-hydroxylation sites is 1. The molecule has 0 aliphatic heterocycles. The molecule has 0 fully saturated rings. The van der Waals surface area contributed by atoms with Gasteiger partial charge in [-0.15, -0.1) is 10.2 Å². The third-order valence-electron chi connectivity index (χ3n) is 2.93. The molecule has 1 atom stereocenters. The van der Waals surface area contributed by atoms with E-state index in [9.17, 15) is 9.18 Å². The second-order valence-electron chi connectivity index (χ2n) is 5.03. The maximum Gasteiger partial charge on any atom is 0.267 e. The van der Waals surface area contributed by atoms with Gasteiger partial charge in [-0.1, -0.05) is 44.2 Å². The van der Waals surface area contributed by atoms with Gasteiger partial charge in [0.05, 0.1) is 0 Å². The minimum Gasteiger partial charge on any atom is -0.478 e. The van der Waals surface area contributed by atoms with Crippen molar-refractivity contribution in [2.75, 3.05) is 5.32 Å². The lowest BCUT2D eigenvalue weighted by Crippen LogP contribution is -2.32. The van der Waals surface area contributed by atoms with Crippen molar-refractivity contribution in [2.45, 2.75) is 39.2 Å². The number of rotatable bonds is 6. The Balaban J connectivity index is 2.04. The molecule has 0 aliphatic carbocycles. The Labute approximate surface area is 132 Å². The molecule has 0 bridgehead atoms. The zero-order chi connectivity index (χ0) is 16.1. The Bertz CT molecular complexity index is 645. The molecule has 1 heterocycles. The number of nitrogens with one attached hydrogen (secondary N) is 1. The molecule has 5 nitrogen and oxygen atoms in total. The second kappa shape index (κ2) is 7.31. The van der Waals surface area contributed by atoms with Crippen molar-refractivity contribution < 1.29 is 13.9 Å². The summed E-state index contributed by atoms with van der Waals surface area (Å²) in [5.41, 5.74) is 0. The lowest BCUT2D eigenvalue weighted by atomic mass is 10.2. The number of hydrogen-bond acceptors (Lipinski definition) is 5. The number of benzene rings is 1. The van der Waals surface area contributed by atoms with E-state index in [1.807, 2.05) is 13.8 Å². The van der Waals surface area contributed by atoms with Crippen molar-refractivity contribution in [1.82, 2.24) is 10.2 Å². The molecule has 0 saturated carbocycles. The maximum atomic E-state index is 13.6. The van der Waals surface area contributed by atoms with E-state index in [0.717, 1.165) is 5.01 Å². The highest BCUT2D eigenvalue weighted by molar-refractivity contribution is 7.15. The predicted octanol–water partition coefficient (Wildman–Crippen LogP) is 3.60. The van der Waals surface area contributed by atoms with Gasteiger partial charge in [0.25, 0.3) is 5.91 Å². The Morgan fingerprint density at radius 3 is 2.68 bits per heavy atom. The van der Waals surface area contributed by atoms with Crippen molar-refractivity contribution in [3.63, 3.8) is 0 Å². The SMILES string of the molecule is CC[C@H](Oc1ccccc1F)C(=O)Nc1nnc(C(C)C)s1. The van der Waals surface area contributed by atoms with Gasteiger partial charge in [-0.3, -0.25) is 10.1 Å². The summed E-state index contributed by atoms with van der Waals surface area (Å²) in [4.78, 5) is 12.2. The first-order valence-corrected chi connectivity index (χ1v) is 7.88. The van der Waals surface area contributed by atoms with Gasteiger partial charge in [0, 0.05) is 5.92 Å². The van der Waals surface area contributed by atoms with Gasteiger partial charge in [0.1, 0.15) is 5.01 Å². The monoisotopic (exact) mass is 323 g/mol. The molecule has 7 heteroatoms. The van der Waals surface area contributed by atoms with E-state index in [4.69, 9.17) is 4.74 Å². The first-order chi connectivity index (χ1) is 10.5. The van der Waals surface area contributed by atoms with E-state index in [1.54, 1.807) is 19.1 Å². The minimum absolute atomic E-state index is 0.0598. The quantitative estimate of drug-likeness (QED) is 0.882. The van der Waals surface area contributed by atoms with Crippen molar-refractivity contribution in [2.24, 2.45) is 0 Å². The zero-order valence-electron chi connectivity index (χ0n) is 12.7. The van der Waals surface area contributed by atoms with E-state index >= 15 is 0 Å². The molecule has 1 aromatic carbocycles. The lowest BCUT2D eigenvalue weighted by Gasteiger charge is -2.16. The van der Waals surface area contributed by atoms with Gasteiger partial charge in [-0.2, -0.15) is 0 Å². The highest BCUT2D eigenvalue weighted by atomic mass is 32.1. The molecule has 1 amide bonds. The Kier molecular flexibility index (Phi) is 5.43. The molecule has 2 aromatic rings. The van der Waals surface area contributed by atoms with Crippen LogP contribution >= 0.6 is 11.3 Å². The summed E-state index contributed by atoms with van der Waals surface area (Å²) >= 11 is 1.32. The summed E-state index contributed by atoms with van der Waals surface area (Å²) in [6.07, 6.45) is -0.376. The lowest BCUT2D eigenvalue weighted by molar-refractivity contribution is -0.122. The fourth-order valence-electron chi connectivity index (χ4n) is 1.72. The zero-order valence-corrected chi connectivity index (χ0v) is 13.5. The molecular formula is C15H18FN3O2S. The largest absolute Gasteiger partial charge is 0.478 e. The number of halogens is 1. The van der Waals surface area contributed by atoms with Crippen molar-refractivity contribution in [1.29, 1.82) is 0 Å². The van der Waals surface area contributed by atoms with Crippen LogP contribution in [0.5, 0.6) is 5.75 Å². The first kappa shape index (κ1) is 16.4. The average molecular weight is 323 g/mol. The highest BCUT2D eigenvalue weighted by Crippen LogP contribution is 2.23. The summed E-state index contributed by atoms with van der Waals surface area (Å²) < 4.78 is 19.0. The molecular weight excluding hydrogens is 305 g/mol. The van der Waals surface area contributed by atoms with Gasteiger partial charge >= 0.3 is 0 Å².